The van der Waals surface area contributed by atoms with Gasteiger partial charge in [-0.3, -0.25) is 29.0 Å². The Balaban J connectivity index is 0.744. The Bertz CT molecular complexity index is 3180. The van der Waals surface area contributed by atoms with Gasteiger partial charge >= 0.3 is 12.2 Å². The second kappa shape index (κ2) is 31.2. The fourth-order valence-corrected chi connectivity index (χ4v) is 12.0. The van der Waals surface area contributed by atoms with Crippen molar-refractivity contribution in [1.29, 1.82) is 0 Å². The van der Waals surface area contributed by atoms with Crippen molar-refractivity contribution in [1.82, 2.24) is 50.5 Å². The number of aromatic nitrogens is 3. The van der Waals surface area contributed by atoms with Crippen LogP contribution in [-0.4, -0.2) is 173 Å². The Kier molecular flexibility index (Phi) is 23.6. The molecule has 5 aromatic rings. The van der Waals surface area contributed by atoms with Crippen LogP contribution in [0.2, 0.25) is 5.02 Å². The first-order valence-electron chi connectivity index (χ1n) is 31.6. The number of hydrogen-bond donors (Lipinski definition) is 4. The van der Waals surface area contributed by atoms with Crippen LogP contribution in [0.1, 0.15) is 158 Å². The molecule has 0 saturated carbocycles. The molecule has 3 aliphatic heterocycles. The number of rotatable bonds is 25. The molecule has 3 aliphatic rings. The summed E-state index contributed by atoms with van der Waals surface area (Å²) in [5.74, 6) is 1.52. The number of nitrogens with zero attached hydrogens (tertiary/aromatic N) is 7. The number of anilines is 1. The number of likely N-dealkylation sites (tertiary alicyclic amines) is 1. The zero-order valence-corrected chi connectivity index (χ0v) is 54.1. The molecule has 3 saturated heterocycles. The molecule has 2 aromatic heterocycles. The molecular weight excluding hydrogens is 1150 g/mol. The van der Waals surface area contributed by atoms with E-state index >= 15 is 0 Å². The molecule has 4 N–H and O–H groups in total. The second-order valence-electron chi connectivity index (χ2n) is 25.5. The number of carbonyl (C=O) groups is 6. The second-order valence-corrected chi connectivity index (χ2v) is 26.0. The lowest BCUT2D eigenvalue weighted by Gasteiger charge is -2.42. The summed E-state index contributed by atoms with van der Waals surface area (Å²) in [6.45, 7) is 18.8. The number of alkyl carbamates (subject to hydrolysis) is 1. The van der Waals surface area contributed by atoms with E-state index in [9.17, 15) is 28.8 Å². The van der Waals surface area contributed by atoms with Gasteiger partial charge in [0, 0.05) is 106 Å². The van der Waals surface area contributed by atoms with Crippen LogP contribution in [0, 0.1) is 0 Å². The van der Waals surface area contributed by atoms with Crippen molar-refractivity contribution in [3.63, 3.8) is 0 Å². The number of piperidine rings is 2. The molecule has 482 valence electrons. The number of benzene rings is 3. The van der Waals surface area contributed by atoms with E-state index in [1.54, 1.807) is 65.7 Å². The monoisotopic (exact) mass is 1250 g/mol. The zero-order valence-electron chi connectivity index (χ0n) is 53.3. The van der Waals surface area contributed by atoms with E-state index in [1.807, 2.05) is 78.7 Å². The van der Waals surface area contributed by atoms with Crippen LogP contribution in [0.15, 0.2) is 85.3 Å². The van der Waals surface area contributed by atoms with Gasteiger partial charge in [-0.05, 0) is 147 Å². The third kappa shape index (κ3) is 19.4. The molecule has 89 heavy (non-hydrogen) atoms. The van der Waals surface area contributed by atoms with E-state index < -0.39 is 35.0 Å². The van der Waals surface area contributed by atoms with Gasteiger partial charge in [-0.1, -0.05) is 55.1 Å². The number of unbranched alkanes of at least 4 members (excludes halogenated alkanes) is 4. The fraction of sp³-hybridized carbons (Fsp3) is 0.552. The van der Waals surface area contributed by atoms with E-state index in [2.05, 4.69) is 40.7 Å². The third-order valence-electron chi connectivity index (χ3n) is 16.6. The van der Waals surface area contributed by atoms with Crippen molar-refractivity contribution in [3.8, 4) is 11.5 Å². The number of carbonyl (C=O) groups excluding carboxylic acids is 6. The van der Waals surface area contributed by atoms with Gasteiger partial charge in [0.1, 0.15) is 52.6 Å². The van der Waals surface area contributed by atoms with Crippen LogP contribution < -0.4 is 30.3 Å². The van der Waals surface area contributed by atoms with Gasteiger partial charge < -0.3 is 54.6 Å². The van der Waals surface area contributed by atoms with E-state index in [1.165, 1.54) is 11.2 Å². The first kappa shape index (κ1) is 67.3. The normalized spacial score (nSPS) is 16.7. The lowest BCUT2D eigenvalue weighted by Crippen LogP contribution is -2.64. The number of H-pyrrole nitrogens is 1. The predicted molar refractivity (Wildman–Crippen MR) is 343 cm³/mol. The molecule has 8 rings (SSSR count). The number of ether oxygens (including phenoxy) is 4. The van der Waals surface area contributed by atoms with Crippen molar-refractivity contribution in [2.24, 2.45) is 0 Å². The number of aromatic amines is 1. The Morgan fingerprint density at radius 1 is 0.809 bits per heavy atom. The van der Waals surface area contributed by atoms with Gasteiger partial charge in [0.15, 0.2) is 0 Å². The lowest BCUT2D eigenvalue weighted by atomic mass is 9.85. The van der Waals surface area contributed by atoms with Gasteiger partial charge in [-0.2, -0.15) is 0 Å². The van der Waals surface area contributed by atoms with Crippen LogP contribution >= 0.6 is 11.6 Å². The van der Waals surface area contributed by atoms with Gasteiger partial charge in [-0.25, -0.2) is 19.6 Å². The molecule has 0 spiro atoms. The van der Waals surface area contributed by atoms with E-state index in [-0.39, 0.29) is 42.6 Å². The number of fused-ring (bicyclic) bond motifs is 1. The average Bonchev–Trinajstić information content (AvgIpc) is 3.18. The summed E-state index contributed by atoms with van der Waals surface area (Å²) < 4.78 is 22.7. The van der Waals surface area contributed by atoms with E-state index in [4.69, 9.17) is 30.5 Å². The number of piperazine rings is 1. The molecule has 2 atom stereocenters. The van der Waals surface area contributed by atoms with Gasteiger partial charge in [0.2, 0.25) is 17.7 Å². The van der Waals surface area contributed by atoms with Crippen molar-refractivity contribution >= 4 is 64.3 Å². The zero-order chi connectivity index (χ0) is 63.7. The number of hydrogen-bond acceptors (Lipinski definition) is 14. The van der Waals surface area contributed by atoms with E-state index in [0.717, 1.165) is 78.5 Å². The van der Waals surface area contributed by atoms with Crippen LogP contribution in [0.25, 0.3) is 11.0 Å². The summed E-state index contributed by atoms with van der Waals surface area (Å²) in [4.78, 5) is 104. The first-order valence-corrected chi connectivity index (χ1v) is 32.0. The number of nitrogens with one attached hydrogen (secondary N) is 4. The highest BCUT2D eigenvalue weighted by Crippen LogP contribution is 2.33. The van der Waals surface area contributed by atoms with Crippen molar-refractivity contribution in [2.75, 3.05) is 90.6 Å². The Hall–Kier alpha value is -7.65. The average molecular weight is 1250 g/mol. The molecule has 1 unspecified atom stereocenters. The Morgan fingerprint density at radius 2 is 1.54 bits per heavy atom. The van der Waals surface area contributed by atoms with Gasteiger partial charge in [0.05, 0.1) is 31.7 Å². The summed E-state index contributed by atoms with van der Waals surface area (Å²) in [6.07, 6.45) is 9.88. The maximum atomic E-state index is 14.7. The molecule has 22 heteroatoms. The summed E-state index contributed by atoms with van der Waals surface area (Å²) in [6, 6.07) is 22.1. The smallest absolute Gasteiger partial charge is 0.411 e. The van der Waals surface area contributed by atoms with Gasteiger partial charge in [-0.15, -0.1) is 0 Å². The SMILES string of the molecule is CCOc1cc(OC)ccc1CN(CC(=O)N1CCCC(c2cccc(C(=O)NCCCCCCCC(=O)N3CCN(CC[C@H](NC(=O)C4(NC(=O)OC(C)(C)C)CCN(c5ncnc6[nH]ccc56)CC4)c4ccc(Cl)cc4)CC3)c2)C1)C(=O)OC(C)(C)C. The maximum absolute atomic E-state index is 14.7. The molecular formula is C67H92ClN11O10. The fourth-order valence-electron chi connectivity index (χ4n) is 11.8. The topological polar surface area (TPSA) is 233 Å². The molecule has 0 radical (unpaired) electrons. The lowest BCUT2D eigenvalue weighted by molar-refractivity contribution is -0.134. The quantitative estimate of drug-likeness (QED) is 0.0398. The van der Waals surface area contributed by atoms with Gasteiger partial charge in [0.25, 0.3) is 5.91 Å². The molecule has 0 aliphatic carbocycles. The molecule has 3 aromatic carbocycles. The minimum absolute atomic E-state index is 0.0216. The van der Waals surface area contributed by atoms with Crippen LogP contribution in [0.4, 0.5) is 15.4 Å². The minimum atomic E-state index is -1.25. The summed E-state index contributed by atoms with van der Waals surface area (Å²) >= 11 is 6.34. The molecule has 21 nitrogen and oxygen atoms in total. The number of methoxy groups -OCH3 is 1. The summed E-state index contributed by atoms with van der Waals surface area (Å²) in [5.41, 5.74) is 1.13. The van der Waals surface area contributed by atoms with Crippen molar-refractivity contribution in [3.05, 3.63) is 113 Å². The standard InChI is InChI=1S/C67H92ClN11O10/c1-9-87-56-42-53(86-8)26-23-51(56)44-79(64(85)89-66(5,6)7)45-58(81)78-33-16-19-50(43-78)48-17-15-18-49(41-48)61(82)70-31-14-12-10-11-13-20-57(80)76-39-37-75(38-40-76)34-28-55(47-21-24-52(68)25-22-47)73-62(83)67(74-63(84)88-65(2,3)4)29-35-77(36-30-67)60-54-27-32-69-59(54)71-46-72-60/h15,17-18,21-27,32,41-42,46,50,55H,9-14,16,19-20,28-31,33-40,43-45H2,1-8H3,(H,70,82)(H,73,83)(H,74,84)(H,69,71,72)/t50?,55-/m0/s1. The summed E-state index contributed by atoms with van der Waals surface area (Å²) in [5, 5.41) is 10.9. The highest BCUT2D eigenvalue weighted by atomic mass is 35.5. The Labute approximate surface area is 529 Å². The highest BCUT2D eigenvalue weighted by Gasteiger charge is 2.45. The third-order valence-corrected chi connectivity index (χ3v) is 16.9. The first-order chi connectivity index (χ1) is 42.6. The summed E-state index contributed by atoms with van der Waals surface area (Å²) in [7, 11) is 1.58. The minimum Gasteiger partial charge on any atom is -0.497 e. The van der Waals surface area contributed by atoms with Crippen LogP contribution in [0.3, 0.4) is 0 Å². The van der Waals surface area contributed by atoms with Crippen molar-refractivity contribution < 1.29 is 47.7 Å². The number of amides is 6. The predicted octanol–water partition coefficient (Wildman–Crippen LogP) is 10.2. The largest absolute Gasteiger partial charge is 0.497 e. The maximum Gasteiger partial charge on any atom is 0.411 e. The molecule has 6 amide bonds. The number of halogens is 1. The Morgan fingerprint density at radius 3 is 2.26 bits per heavy atom. The van der Waals surface area contributed by atoms with Crippen LogP contribution in [0.5, 0.6) is 11.5 Å². The van der Waals surface area contributed by atoms with E-state index in [0.29, 0.717) is 120 Å². The highest BCUT2D eigenvalue weighted by molar-refractivity contribution is 6.30. The molecule has 0 bridgehead atoms. The molecule has 5 heterocycles. The molecule has 3 fully saturated rings. The van der Waals surface area contributed by atoms with Crippen molar-refractivity contribution in [2.45, 2.75) is 154 Å². The van der Waals surface area contributed by atoms with Crippen LogP contribution in [-0.2, 0) is 30.4 Å².